The van der Waals surface area contributed by atoms with E-state index in [1.54, 1.807) is 24.4 Å². The first kappa shape index (κ1) is 15.6. The fourth-order valence-corrected chi connectivity index (χ4v) is 1.94. The number of hydrogen-bond acceptors (Lipinski definition) is 4. The summed E-state index contributed by atoms with van der Waals surface area (Å²) in [5.41, 5.74) is 7.94. The highest BCUT2D eigenvalue weighted by molar-refractivity contribution is 6.01. The van der Waals surface area contributed by atoms with Crippen molar-refractivity contribution in [2.75, 3.05) is 0 Å². The molecule has 0 atom stereocenters. The first-order valence-corrected chi connectivity index (χ1v) is 6.70. The number of carbonyl (C=O) groups excluding carboxylic acids is 2. The van der Waals surface area contributed by atoms with Crippen molar-refractivity contribution in [3.63, 3.8) is 0 Å². The molecule has 0 aliphatic carbocycles. The van der Waals surface area contributed by atoms with Gasteiger partial charge in [-0.1, -0.05) is 12.1 Å². The molecule has 0 radical (unpaired) electrons. The molecule has 22 heavy (non-hydrogen) atoms. The van der Waals surface area contributed by atoms with Gasteiger partial charge in [-0.2, -0.15) is 5.10 Å². The van der Waals surface area contributed by atoms with Crippen LogP contribution in [0, 0.1) is 0 Å². The van der Waals surface area contributed by atoms with Crippen LogP contribution in [0.1, 0.15) is 26.3 Å². The largest absolute Gasteiger partial charge is 0.443 e. The minimum Gasteiger partial charge on any atom is -0.443 e. The number of primary amides is 1. The third-order valence-electron chi connectivity index (χ3n) is 2.74. The van der Waals surface area contributed by atoms with Crippen LogP contribution in [0.25, 0.3) is 10.9 Å². The van der Waals surface area contributed by atoms with Crippen molar-refractivity contribution in [3.05, 3.63) is 36.0 Å². The average Bonchev–Trinajstić information content (AvgIpc) is 2.81. The van der Waals surface area contributed by atoms with Crippen LogP contribution in [-0.2, 0) is 4.74 Å². The molecule has 1 aromatic carbocycles. The monoisotopic (exact) mass is 302 g/mol. The molecular formula is C15H18N4O3. The Kier molecular flexibility index (Phi) is 4.16. The standard InChI is InChI=1S/C15H18N4O3/c1-15(2,3)22-14(21)19-8-7-11-10(5-4-6-12(11)19)9-17-18-13(16)20/h4-9H,1-3H3,(H3,16,18,20). The Morgan fingerprint density at radius 3 is 2.68 bits per heavy atom. The summed E-state index contributed by atoms with van der Waals surface area (Å²) in [7, 11) is 0. The summed E-state index contributed by atoms with van der Waals surface area (Å²) in [6, 6.07) is 6.45. The summed E-state index contributed by atoms with van der Waals surface area (Å²) in [5.74, 6) is 0. The number of carbonyl (C=O) groups is 2. The van der Waals surface area contributed by atoms with Crippen molar-refractivity contribution in [2.24, 2.45) is 10.8 Å². The number of hydrogen-bond donors (Lipinski definition) is 2. The average molecular weight is 302 g/mol. The molecule has 2 rings (SSSR count). The third-order valence-corrected chi connectivity index (χ3v) is 2.74. The van der Waals surface area contributed by atoms with Gasteiger partial charge in [0, 0.05) is 17.1 Å². The molecule has 1 aromatic heterocycles. The van der Waals surface area contributed by atoms with E-state index in [4.69, 9.17) is 10.5 Å². The molecule has 0 aliphatic heterocycles. The summed E-state index contributed by atoms with van der Waals surface area (Å²) < 4.78 is 6.79. The van der Waals surface area contributed by atoms with Crippen molar-refractivity contribution in [3.8, 4) is 0 Å². The molecule has 0 aliphatic rings. The molecule has 3 N–H and O–H groups in total. The van der Waals surface area contributed by atoms with Gasteiger partial charge in [0.1, 0.15) is 5.60 Å². The van der Waals surface area contributed by atoms with E-state index in [0.717, 1.165) is 10.9 Å². The number of amides is 2. The van der Waals surface area contributed by atoms with Crippen molar-refractivity contribution in [1.29, 1.82) is 0 Å². The van der Waals surface area contributed by atoms with Crippen molar-refractivity contribution in [2.45, 2.75) is 26.4 Å². The lowest BCUT2D eigenvalue weighted by atomic mass is 10.1. The van der Waals surface area contributed by atoms with Gasteiger partial charge in [-0.05, 0) is 32.9 Å². The molecule has 0 spiro atoms. The van der Waals surface area contributed by atoms with Gasteiger partial charge in [-0.15, -0.1) is 0 Å². The fourth-order valence-electron chi connectivity index (χ4n) is 1.94. The second kappa shape index (κ2) is 5.88. The van der Waals surface area contributed by atoms with Gasteiger partial charge in [0.05, 0.1) is 11.7 Å². The number of rotatable bonds is 2. The maximum absolute atomic E-state index is 12.2. The summed E-state index contributed by atoms with van der Waals surface area (Å²) >= 11 is 0. The van der Waals surface area contributed by atoms with Crippen LogP contribution in [-0.4, -0.2) is 28.5 Å². The van der Waals surface area contributed by atoms with Crippen LogP contribution < -0.4 is 11.2 Å². The number of benzene rings is 1. The Balaban J connectivity index is 2.35. The number of aromatic nitrogens is 1. The summed E-state index contributed by atoms with van der Waals surface area (Å²) in [6.45, 7) is 5.43. The first-order chi connectivity index (χ1) is 10.3. The van der Waals surface area contributed by atoms with Gasteiger partial charge >= 0.3 is 12.1 Å². The number of fused-ring (bicyclic) bond motifs is 1. The first-order valence-electron chi connectivity index (χ1n) is 6.70. The maximum Gasteiger partial charge on any atom is 0.418 e. The topological polar surface area (TPSA) is 98.7 Å². The van der Waals surface area contributed by atoms with Crippen LogP contribution in [0.2, 0.25) is 0 Å². The van der Waals surface area contributed by atoms with E-state index >= 15 is 0 Å². The summed E-state index contributed by atoms with van der Waals surface area (Å²) in [5, 5.41) is 4.54. The molecule has 2 aromatic rings. The summed E-state index contributed by atoms with van der Waals surface area (Å²) in [4.78, 5) is 22.8. The second-order valence-electron chi connectivity index (χ2n) is 5.68. The van der Waals surface area contributed by atoms with E-state index in [1.807, 2.05) is 26.8 Å². The molecule has 2 amide bonds. The molecule has 0 saturated heterocycles. The van der Waals surface area contributed by atoms with E-state index in [9.17, 15) is 9.59 Å². The Labute approximate surface area is 127 Å². The zero-order valence-electron chi connectivity index (χ0n) is 12.7. The minimum atomic E-state index is -0.741. The number of nitrogens with two attached hydrogens (primary N) is 1. The van der Waals surface area contributed by atoms with E-state index in [-0.39, 0.29) is 0 Å². The van der Waals surface area contributed by atoms with Crippen molar-refractivity contribution in [1.82, 2.24) is 9.99 Å². The molecule has 1 heterocycles. The highest BCUT2D eigenvalue weighted by atomic mass is 16.6. The van der Waals surface area contributed by atoms with E-state index < -0.39 is 17.7 Å². The molecule has 0 saturated carbocycles. The summed E-state index contributed by atoms with van der Waals surface area (Å²) in [6.07, 6.45) is 2.65. The third kappa shape index (κ3) is 3.63. The highest BCUT2D eigenvalue weighted by Gasteiger charge is 2.19. The van der Waals surface area contributed by atoms with Gasteiger partial charge in [0.2, 0.25) is 0 Å². The lowest BCUT2D eigenvalue weighted by Crippen LogP contribution is -2.26. The Hall–Kier alpha value is -2.83. The van der Waals surface area contributed by atoms with Gasteiger partial charge < -0.3 is 10.5 Å². The van der Waals surface area contributed by atoms with Crippen molar-refractivity contribution >= 4 is 29.2 Å². The SMILES string of the molecule is CC(C)(C)OC(=O)n1ccc2c(C=NNC(N)=O)cccc21. The number of nitrogens with zero attached hydrogens (tertiary/aromatic N) is 2. The molecule has 0 fully saturated rings. The highest BCUT2D eigenvalue weighted by Crippen LogP contribution is 2.20. The number of hydrazone groups is 1. The second-order valence-corrected chi connectivity index (χ2v) is 5.68. The quantitative estimate of drug-likeness (QED) is 0.658. The maximum atomic E-state index is 12.2. The molecule has 0 unspecified atom stereocenters. The zero-order chi connectivity index (χ0) is 16.3. The Morgan fingerprint density at radius 1 is 1.32 bits per heavy atom. The fraction of sp³-hybridized carbons (Fsp3) is 0.267. The molecule has 7 nitrogen and oxygen atoms in total. The van der Waals surface area contributed by atoms with E-state index in [1.165, 1.54) is 10.8 Å². The molecule has 0 bridgehead atoms. The normalized spacial score (nSPS) is 11.8. The molecular weight excluding hydrogens is 284 g/mol. The zero-order valence-corrected chi connectivity index (χ0v) is 12.7. The van der Waals surface area contributed by atoms with Gasteiger partial charge in [-0.25, -0.2) is 15.0 Å². The van der Waals surface area contributed by atoms with Crippen molar-refractivity contribution < 1.29 is 14.3 Å². The number of nitrogens with one attached hydrogen (secondary N) is 1. The predicted molar refractivity (Wildman–Crippen MR) is 83.9 cm³/mol. The van der Waals surface area contributed by atoms with Crippen LogP contribution in [0.15, 0.2) is 35.6 Å². The van der Waals surface area contributed by atoms with Crippen LogP contribution in [0.3, 0.4) is 0 Å². The van der Waals surface area contributed by atoms with Gasteiger partial charge in [0.25, 0.3) is 0 Å². The number of urea groups is 1. The molecule has 116 valence electrons. The minimum absolute atomic E-state index is 0.452. The lowest BCUT2D eigenvalue weighted by molar-refractivity contribution is 0.0544. The van der Waals surface area contributed by atoms with Crippen LogP contribution >= 0.6 is 0 Å². The van der Waals surface area contributed by atoms with E-state index in [0.29, 0.717) is 5.52 Å². The smallest absolute Gasteiger partial charge is 0.418 e. The number of ether oxygens (including phenoxy) is 1. The van der Waals surface area contributed by atoms with Crippen LogP contribution in [0.5, 0.6) is 0 Å². The Bertz CT molecular complexity index is 741. The predicted octanol–water partition coefficient (Wildman–Crippen LogP) is 2.43. The molecule has 7 heteroatoms. The van der Waals surface area contributed by atoms with Gasteiger partial charge in [-0.3, -0.25) is 4.57 Å². The lowest BCUT2D eigenvalue weighted by Gasteiger charge is -2.19. The Morgan fingerprint density at radius 2 is 2.05 bits per heavy atom. The van der Waals surface area contributed by atoms with Gasteiger partial charge in [0.15, 0.2) is 0 Å². The van der Waals surface area contributed by atoms with E-state index in [2.05, 4.69) is 10.5 Å². The van der Waals surface area contributed by atoms with Crippen LogP contribution in [0.4, 0.5) is 9.59 Å².